The van der Waals surface area contributed by atoms with Crippen LogP contribution in [-0.4, -0.2) is 42.2 Å². The van der Waals surface area contributed by atoms with Gasteiger partial charge in [0.15, 0.2) is 0 Å². The summed E-state index contributed by atoms with van der Waals surface area (Å²) >= 11 is 0. The molecule has 1 atom stereocenters. The maximum Gasteiger partial charge on any atom is 0.253 e. The van der Waals surface area contributed by atoms with Gasteiger partial charge in [-0.3, -0.25) is 4.79 Å². The number of aryl methyl sites for hydroxylation is 1. The van der Waals surface area contributed by atoms with E-state index in [1.165, 1.54) is 11.3 Å². The summed E-state index contributed by atoms with van der Waals surface area (Å²) in [4.78, 5) is 23.1. The van der Waals surface area contributed by atoms with Crippen LogP contribution < -0.4 is 10.2 Å². The minimum absolute atomic E-state index is 0.0915. The average Bonchev–Trinajstić information content (AvgIpc) is 3.28. The van der Waals surface area contributed by atoms with Gasteiger partial charge in [-0.25, -0.2) is 4.98 Å². The molecule has 0 aliphatic carbocycles. The summed E-state index contributed by atoms with van der Waals surface area (Å²) in [7, 11) is 0. The number of nitrogens with zero attached hydrogens (tertiary/aromatic N) is 2. The van der Waals surface area contributed by atoms with Crippen molar-refractivity contribution in [2.24, 2.45) is 0 Å². The fraction of sp³-hybridized carbons (Fsp3) is 0.259. The SMILES string of the molecule is Cc1cccc([C@H](C)NC(=O)c2c[nH]c3ncc(-c4ccc(N5CCOCC5)cc4)cc23)c1. The molecule has 0 radical (unpaired) electrons. The Labute approximate surface area is 193 Å². The molecule has 6 heteroatoms. The predicted molar refractivity (Wildman–Crippen MR) is 132 cm³/mol. The summed E-state index contributed by atoms with van der Waals surface area (Å²) in [6.45, 7) is 7.41. The first kappa shape index (κ1) is 21.2. The number of aromatic nitrogens is 2. The normalized spacial score (nSPS) is 14.9. The Morgan fingerprint density at radius 2 is 1.88 bits per heavy atom. The van der Waals surface area contributed by atoms with Gasteiger partial charge in [-0.2, -0.15) is 0 Å². The quantitative estimate of drug-likeness (QED) is 0.465. The number of hydrogen-bond acceptors (Lipinski definition) is 4. The van der Waals surface area contributed by atoms with Crippen molar-refractivity contribution < 1.29 is 9.53 Å². The molecular weight excluding hydrogens is 412 g/mol. The van der Waals surface area contributed by atoms with Gasteiger partial charge in [0, 0.05) is 42.1 Å². The zero-order valence-corrected chi connectivity index (χ0v) is 19.0. The molecule has 0 unspecified atom stereocenters. The molecule has 2 aromatic carbocycles. The van der Waals surface area contributed by atoms with Crippen molar-refractivity contribution in [1.29, 1.82) is 0 Å². The highest BCUT2D eigenvalue weighted by atomic mass is 16.5. The van der Waals surface area contributed by atoms with Crippen molar-refractivity contribution in [3.8, 4) is 11.1 Å². The van der Waals surface area contributed by atoms with Gasteiger partial charge in [0.25, 0.3) is 5.91 Å². The number of benzene rings is 2. The lowest BCUT2D eigenvalue weighted by Crippen LogP contribution is -2.36. The summed E-state index contributed by atoms with van der Waals surface area (Å²) in [5.74, 6) is -0.114. The minimum Gasteiger partial charge on any atom is -0.378 e. The first-order valence-electron chi connectivity index (χ1n) is 11.4. The number of H-pyrrole nitrogens is 1. The monoisotopic (exact) mass is 440 g/mol. The van der Waals surface area contributed by atoms with E-state index in [2.05, 4.69) is 63.5 Å². The van der Waals surface area contributed by atoms with Crippen LogP contribution in [0.1, 0.15) is 34.5 Å². The number of carbonyl (C=O) groups is 1. The molecule has 1 fully saturated rings. The van der Waals surface area contributed by atoms with Crippen LogP contribution in [0.2, 0.25) is 0 Å². The second kappa shape index (κ2) is 9.08. The van der Waals surface area contributed by atoms with Gasteiger partial charge in [-0.1, -0.05) is 42.0 Å². The Hall–Kier alpha value is -3.64. The fourth-order valence-corrected chi connectivity index (χ4v) is 4.33. The van der Waals surface area contributed by atoms with Gasteiger partial charge in [0.05, 0.1) is 24.8 Å². The number of amides is 1. The second-order valence-corrected chi connectivity index (χ2v) is 8.58. The fourth-order valence-electron chi connectivity index (χ4n) is 4.33. The molecular formula is C27H28N4O2. The molecule has 3 heterocycles. The zero-order chi connectivity index (χ0) is 22.8. The van der Waals surface area contributed by atoms with Gasteiger partial charge in [0.2, 0.25) is 0 Å². The van der Waals surface area contributed by atoms with Crippen molar-refractivity contribution >= 4 is 22.6 Å². The Kier molecular flexibility index (Phi) is 5.84. The van der Waals surface area contributed by atoms with Gasteiger partial charge < -0.3 is 19.9 Å². The van der Waals surface area contributed by atoms with Crippen LogP contribution in [-0.2, 0) is 4.74 Å². The molecule has 2 N–H and O–H groups in total. The van der Waals surface area contributed by atoms with Crippen LogP contribution in [0.15, 0.2) is 67.0 Å². The topological polar surface area (TPSA) is 70.2 Å². The maximum atomic E-state index is 13.1. The smallest absolute Gasteiger partial charge is 0.253 e. The summed E-state index contributed by atoms with van der Waals surface area (Å²) in [5.41, 5.74) is 6.82. The Balaban J connectivity index is 1.38. The van der Waals surface area contributed by atoms with Crippen LogP contribution in [0, 0.1) is 6.92 Å². The molecule has 0 bridgehead atoms. The zero-order valence-electron chi connectivity index (χ0n) is 19.0. The third-order valence-electron chi connectivity index (χ3n) is 6.24. The van der Waals surface area contributed by atoms with E-state index in [0.29, 0.717) is 11.2 Å². The van der Waals surface area contributed by atoms with E-state index in [1.54, 1.807) is 6.20 Å². The molecule has 5 rings (SSSR count). The van der Waals surface area contributed by atoms with E-state index in [-0.39, 0.29) is 11.9 Å². The van der Waals surface area contributed by atoms with Crippen molar-refractivity contribution in [3.05, 3.63) is 83.7 Å². The van der Waals surface area contributed by atoms with E-state index in [4.69, 9.17) is 4.74 Å². The molecule has 0 spiro atoms. The van der Waals surface area contributed by atoms with Crippen molar-refractivity contribution in [2.45, 2.75) is 19.9 Å². The number of ether oxygens (including phenoxy) is 1. The number of anilines is 1. The molecule has 0 saturated carbocycles. The Bertz CT molecular complexity index is 1270. The van der Waals surface area contributed by atoms with Gasteiger partial charge in [0.1, 0.15) is 5.65 Å². The van der Waals surface area contributed by atoms with Gasteiger partial charge >= 0.3 is 0 Å². The average molecular weight is 441 g/mol. The van der Waals surface area contributed by atoms with Crippen molar-refractivity contribution in [3.63, 3.8) is 0 Å². The molecule has 6 nitrogen and oxygen atoms in total. The third-order valence-corrected chi connectivity index (χ3v) is 6.24. The van der Waals surface area contributed by atoms with Crippen molar-refractivity contribution in [2.75, 3.05) is 31.2 Å². The van der Waals surface area contributed by atoms with Gasteiger partial charge in [-0.15, -0.1) is 0 Å². The Morgan fingerprint density at radius 3 is 2.64 bits per heavy atom. The first-order valence-corrected chi connectivity index (χ1v) is 11.4. The van der Waals surface area contributed by atoms with Crippen LogP contribution >= 0.6 is 0 Å². The molecule has 1 aliphatic heterocycles. The lowest BCUT2D eigenvalue weighted by Gasteiger charge is -2.28. The molecule has 1 saturated heterocycles. The maximum absolute atomic E-state index is 13.1. The number of aromatic amines is 1. The predicted octanol–water partition coefficient (Wildman–Crippen LogP) is 4.87. The summed E-state index contributed by atoms with van der Waals surface area (Å²) in [6, 6.07) is 18.6. The highest BCUT2D eigenvalue weighted by Crippen LogP contribution is 2.27. The number of pyridine rings is 1. The summed E-state index contributed by atoms with van der Waals surface area (Å²) < 4.78 is 5.45. The van der Waals surface area contributed by atoms with Crippen LogP contribution in [0.3, 0.4) is 0 Å². The molecule has 168 valence electrons. The minimum atomic E-state index is -0.114. The van der Waals surface area contributed by atoms with Crippen molar-refractivity contribution in [1.82, 2.24) is 15.3 Å². The van der Waals surface area contributed by atoms with Gasteiger partial charge in [-0.05, 0) is 43.2 Å². The van der Waals surface area contributed by atoms with E-state index in [0.717, 1.165) is 48.4 Å². The molecule has 2 aromatic heterocycles. The molecule has 1 aliphatic rings. The highest BCUT2D eigenvalue weighted by Gasteiger charge is 2.17. The summed E-state index contributed by atoms with van der Waals surface area (Å²) in [5, 5.41) is 3.94. The van der Waals surface area contributed by atoms with Crippen LogP contribution in [0.5, 0.6) is 0 Å². The largest absolute Gasteiger partial charge is 0.378 e. The number of rotatable bonds is 5. The first-order chi connectivity index (χ1) is 16.1. The number of nitrogens with one attached hydrogen (secondary N) is 2. The third kappa shape index (κ3) is 4.47. The molecule has 4 aromatic rings. The van der Waals surface area contributed by atoms with E-state index in [9.17, 15) is 4.79 Å². The standard InChI is InChI=1S/C27H28N4O2/c1-18-4-3-5-21(14-18)19(2)30-27(32)25-17-29-26-24(25)15-22(16-28-26)20-6-8-23(9-7-20)31-10-12-33-13-11-31/h3-9,14-17,19H,10-13H2,1-2H3,(H,28,29)(H,30,32)/t19-/m0/s1. The highest BCUT2D eigenvalue weighted by molar-refractivity contribution is 6.06. The molecule has 1 amide bonds. The number of morpholine rings is 1. The number of hydrogen-bond donors (Lipinski definition) is 2. The summed E-state index contributed by atoms with van der Waals surface area (Å²) in [6.07, 6.45) is 3.58. The van der Waals surface area contributed by atoms with Crippen LogP contribution in [0.4, 0.5) is 5.69 Å². The lowest BCUT2D eigenvalue weighted by atomic mass is 10.0. The second-order valence-electron chi connectivity index (χ2n) is 8.58. The Morgan fingerprint density at radius 1 is 1.09 bits per heavy atom. The van der Waals surface area contributed by atoms with E-state index >= 15 is 0 Å². The van der Waals surface area contributed by atoms with Crippen LogP contribution in [0.25, 0.3) is 22.2 Å². The van der Waals surface area contributed by atoms with E-state index < -0.39 is 0 Å². The van der Waals surface area contributed by atoms with E-state index in [1.807, 2.05) is 31.3 Å². The lowest BCUT2D eigenvalue weighted by molar-refractivity contribution is 0.0941. The number of carbonyl (C=O) groups excluding carboxylic acids is 1. The number of fused-ring (bicyclic) bond motifs is 1. The molecule has 33 heavy (non-hydrogen) atoms.